The molecule has 0 bridgehead atoms. The molecule has 0 aliphatic heterocycles. The normalized spacial score (nSPS) is 11.3. The Balaban J connectivity index is 1.49. The largest absolute Gasteiger partial charge is 0.326 e. The van der Waals surface area contributed by atoms with Crippen molar-refractivity contribution in [2.24, 2.45) is 0 Å². The lowest BCUT2D eigenvalue weighted by molar-refractivity contribution is -0.116. The third-order valence-electron chi connectivity index (χ3n) is 6.22. The summed E-state index contributed by atoms with van der Waals surface area (Å²) in [4.78, 5) is 26.1. The van der Waals surface area contributed by atoms with Crippen molar-refractivity contribution in [3.05, 3.63) is 137 Å². The Labute approximate surface area is 207 Å². The Morgan fingerprint density at radius 2 is 1.26 bits per heavy atom. The number of anilines is 1. The summed E-state index contributed by atoms with van der Waals surface area (Å²) < 4.78 is 0. The van der Waals surface area contributed by atoms with Crippen LogP contribution in [-0.2, 0) is 10.2 Å². The van der Waals surface area contributed by atoms with E-state index >= 15 is 0 Å². The minimum Gasteiger partial charge on any atom is -0.326 e. The zero-order valence-electron chi connectivity index (χ0n) is 20.5. The molecule has 1 amide bonds. The monoisotopic (exact) mass is 461 g/mol. The van der Waals surface area contributed by atoms with Gasteiger partial charge in [0, 0.05) is 29.2 Å². The summed E-state index contributed by atoms with van der Waals surface area (Å²) in [7, 11) is 0. The molecule has 35 heavy (non-hydrogen) atoms. The predicted octanol–water partition coefficient (Wildman–Crippen LogP) is 7.38. The van der Waals surface area contributed by atoms with Crippen LogP contribution in [-0.4, -0.2) is 11.7 Å². The molecule has 4 aromatic rings. The maximum atomic E-state index is 13.1. The Morgan fingerprint density at radius 3 is 1.80 bits per heavy atom. The van der Waals surface area contributed by atoms with Gasteiger partial charge in [-0.15, -0.1) is 0 Å². The van der Waals surface area contributed by atoms with Gasteiger partial charge in [0.15, 0.2) is 5.78 Å². The molecule has 0 aromatic heterocycles. The maximum Gasteiger partial charge on any atom is 0.225 e. The van der Waals surface area contributed by atoms with Crippen LogP contribution >= 0.6 is 0 Å². The van der Waals surface area contributed by atoms with Crippen molar-refractivity contribution in [2.75, 3.05) is 5.32 Å². The molecular formula is C32H31NO2. The van der Waals surface area contributed by atoms with Gasteiger partial charge in [-0.05, 0) is 34.2 Å². The molecule has 1 N–H and O–H groups in total. The number of hydrogen-bond donors (Lipinski definition) is 1. The summed E-state index contributed by atoms with van der Waals surface area (Å²) in [6, 6.07) is 35.0. The van der Waals surface area contributed by atoms with Gasteiger partial charge in [0.25, 0.3) is 0 Å². The Hall–Kier alpha value is -3.98. The van der Waals surface area contributed by atoms with E-state index in [0.29, 0.717) is 23.2 Å². The van der Waals surface area contributed by atoms with Crippen LogP contribution in [0.3, 0.4) is 0 Å². The molecule has 0 atom stereocenters. The predicted molar refractivity (Wildman–Crippen MR) is 143 cm³/mol. The summed E-state index contributed by atoms with van der Waals surface area (Å²) in [5, 5.41) is 3.00. The standard InChI is InChI=1S/C32H31NO2/c1-32(2,3)27-19-17-25(18-20-27)31(35)26-15-10-16-28(21-26)33-30(34)22-29(23-11-6-4-7-12-23)24-13-8-5-9-14-24/h4-21,29H,22H2,1-3H3,(H,33,34). The lowest BCUT2D eigenvalue weighted by Crippen LogP contribution is -2.17. The maximum absolute atomic E-state index is 13.1. The van der Waals surface area contributed by atoms with Crippen molar-refractivity contribution in [2.45, 2.75) is 38.5 Å². The van der Waals surface area contributed by atoms with E-state index in [4.69, 9.17) is 0 Å². The molecule has 176 valence electrons. The minimum atomic E-state index is -0.0955. The van der Waals surface area contributed by atoms with Crippen molar-refractivity contribution in [3.8, 4) is 0 Å². The van der Waals surface area contributed by atoms with Crippen molar-refractivity contribution in [1.29, 1.82) is 0 Å². The fraction of sp³-hybridized carbons (Fsp3) is 0.188. The van der Waals surface area contributed by atoms with Gasteiger partial charge in [-0.25, -0.2) is 0 Å². The molecule has 4 aromatic carbocycles. The van der Waals surface area contributed by atoms with Crippen LogP contribution in [0.2, 0.25) is 0 Å². The number of nitrogens with one attached hydrogen (secondary N) is 1. The second-order valence-corrected chi connectivity index (χ2v) is 9.86. The zero-order valence-corrected chi connectivity index (χ0v) is 20.5. The molecule has 3 nitrogen and oxygen atoms in total. The number of carbonyl (C=O) groups excluding carboxylic acids is 2. The van der Waals surface area contributed by atoms with E-state index < -0.39 is 0 Å². The second-order valence-electron chi connectivity index (χ2n) is 9.86. The van der Waals surface area contributed by atoms with Crippen LogP contribution in [0.15, 0.2) is 109 Å². The molecule has 0 heterocycles. The quantitative estimate of drug-likeness (QED) is 0.292. The molecule has 3 heteroatoms. The van der Waals surface area contributed by atoms with Gasteiger partial charge in [-0.2, -0.15) is 0 Å². The van der Waals surface area contributed by atoms with Gasteiger partial charge in [-0.3, -0.25) is 9.59 Å². The fourth-order valence-electron chi connectivity index (χ4n) is 4.22. The average molecular weight is 462 g/mol. The topological polar surface area (TPSA) is 46.2 Å². The molecule has 0 aliphatic rings. The van der Waals surface area contributed by atoms with Gasteiger partial charge in [-0.1, -0.05) is 118 Å². The third-order valence-corrected chi connectivity index (χ3v) is 6.22. The van der Waals surface area contributed by atoms with Gasteiger partial charge in [0.1, 0.15) is 0 Å². The van der Waals surface area contributed by atoms with E-state index in [9.17, 15) is 9.59 Å². The summed E-state index contributed by atoms with van der Waals surface area (Å²) in [5.41, 5.74) is 5.20. The summed E-state index contributed by atoms with van der Waals surface area (Å²) in [6.07, 6.45) is 0.306. The van der Waals surface area contributed by atoms with E-state index in [1.54, 1.807) is 18.2 Å². The van der Waals surface area contributed by atoms with Crippen LogP contribution in [0, 0.1) is 0 Å². The minimum absolute atomic E-state index is 0.0309. The smallest absolute Gasteiger partial charge is 0.225 e. The molecule has 0 radical (unpaired) electrons. The number of rotatable bonds is 7. The van der Waals surface area contributed by atoms with E-state index in [1.165, 1.54) is 5.56 Å². The molecule has 0 unspecified atom stereocenters. The summed E-state index contributed by atoms with van der Waals surface area (Å²) in [6.45, 7) is 6.45. The van der Waals surface area contributed by atoms with Crippen molar-refractivity contribution in [3.63, 3.8) is 0 Å². The Kier molecular flexibility index (Phi) is 7.26. The van der Waals surface area contributed by atoms with Crippen LogP contribution in [0.25, 0.3) is 0 Å². The average Bonchev–Trinajstić information content (AvgIpc) is 2.87. The van der Waals surface area contributed by atoms with Gasteiger partial charge in [0.2, 0.25) is 5.91 Å². The first-order valence-electron chi connectivity index (χ1n) is 12.0. The van der Waals surface area contributed by atoms with E-state index in [0.717, 1.165) is 11.1 Å². The molecule has 0 fully saturated rings. The molecular weight excluding hydrogens is 430 g/mol. The highest BCUT2D eigenvalue weighted by Gasteiger charge is 2.19. The highest BCUT2D eigenvalue weighted by Crippen LogP contribution is 2.29. The number of hydrogen-bond acceptors (Lipinski definition) is 2. The van der Waals surface area contributed by atoms with Crippen LogP contribution in [0.4, 0.5) is 5.69 Å². The highest BCUT2D eigenvalue weighted by atomic mass is 16.1. The highest BCUT2D eigenvalue weighted by molar-refractivity contribution is 6.09. The van der Waals surface area contributed by atoms with Crippen molar-refractivity contribution < 1.29 is 9.59 Å². The Bertz CT molecular complexity index is 1250. The number of carbonyl (C=O) groups is 2. The first-order chi connectivity index (χ1) is 16.8. The number of amides is 1. The molecule has 0 spiro atoms. The molecule has 0 aliphatic carbocycles. The first kappa shape index (κ1) is 24.2. The van der Waals surface area contributed by atoms with Gasteiger partial charge in [0.05, 0.1) is 0 Å². The molecule has 0 saturated carbocycles. The van der Waals surface area contributed by atoms with Gasteiger partial charge >= 0.3 is 0 Å². The van der Waals surface area contributed by atoms with E-state index in [-0.39, 0.29) is 23.0 Å². The number of benzene rings is 4. The van der Waals surface area contributed by atoms with Crippen LogP contribution < -0.4 is 5.32 Å². The Morgan fingerprint density at radius 1 is 0.686 bits per heavy atom. The van der Waals surface area contributed by atoms with Crippen molar-refractivity contribution >= 4 is 17.4 Å². The summed E-state index contributed by atoms with van der Waals surface area (Å²) in [5.74, 6) is -0.210. The third kappa shape index (κ3) is 6.13. The zero-order chi connectivity index (χ0) is 24.8. The second kappa shape index (κ2) is 10.5. The lowest BCUT2D eigenvalue weighted by atomic mass is 9.86. The van der Waals surface area contributed by atoms with E-state index in [2.05, 4.69) is 50.4 Å². The van der Waals surface area contributed by atoms with Crippen molar-refractivity contribution in [1.82, 2.24) is 0 Å². The fourth-order valence-corrected chi connectivity index (χ4v) is 4.22. The first-order valence-corrected chi connectivity index (χ1v) is 12.0. The van der Waals surface area contributed by atoms with Crippen LogP contribution in [0.1, 0.15) is 65.7 Å². The molecule has 0 saturated heterocycles. The summed E-state index contributed by atoms with van der Waals surface area (Å²) >= 11 is 0. The van der Waals surface area contributed by atoms with E-state index in [1.807, 2.05) is 66.7 Å². The number of ketones is 1. The molecule has 4 rings (SSSR count). The SMILES string of the molecule is CC(C)(C)c1ccc(C(=O)c2cccc(NC(=O)CC(c3ccccc3)c3ccccc3)c2)cc1. The van der Waals surface area contributed by atoms with Crippen LogP contribution in [0.5, 0.6) is 0 Å². The van der Waals surface area contributed by atoms with Gasteiger partial charge < -0.3 is 5.32 Å². The lowest BCUT2D eigenvalue weighted by Gasteiger charge is -2.19.